The predicted molar refractivity (Wildman–Crippen MR) is 148 cm³/mol. The maximum atomic E-state index is 14.8. The quantitative estimate of drug-likeness (QED) is 0.186. The van der Waals surface area contributed by atoms with Gasteiger partial charge >= 0.3 is 0 Å². The lowest BCUT2D eigenvalue weighted by Crippen LogP contribution is -2.29. The molecular formula is C30H37FN4O2. The number of halogens is 1. The van der Waals surface area contributed by atoms with Crippen LogP contribution in [0.3, 0.4) is 0 Å². The number of hydrogen-bond donors (Lipinski definition) is 3. The van der Waals surface area contributed by atoms with E-state index in [9.17, 15) is 14.0 Å². The van der Waals surface area contributed by atoms with Crippen molar-refractivity contribution in [2.45, 2.75) is 70.5 Å². The van der Waals surface area contributed by atoms with E-state index in [4.69, 9.17) is 10.7 Å². The Balaban J connectivity index is 1.83. The average Bonchev–Trinajstić information content (AvgIpc) is 3.68. The molecule has 2 aromatic rings. The minimum absolute atomic E-state index is 0.201. The molecule has 0 unspecified atom stereocenters. The van der Waals surface area contributed by atoms with Crippen molar-refractivity contribution in [3.8, 4) is 0 Å². The Morgan fingerprint density at radius 3 is 2.51 bits per heavy atom. The highest BCUT2D eigenvalue weighted by molar-refractivity contribution is 6.23. The predicted octanol–water partition coefficient (Wildman–Crippen LogP) is 5.23. The van der Waals surface area contributed by atoms with E-state index in [1.807, 2.05) is 30.3 Å². The monoisotopic (exact) mass is 504 g/mol. The van der Waals surface area contributed by atoms with Crippen molar-refractivity contribution in [3.05, 3.63) is 83.3 Å². The molecule has 0 atom stereocenters. The van der Waals surface area contributed by atoms with Gasteiger partial charge in [0.25, 0.3) is 5.91 Å². The Morgan fingerprint density at radius 1 is 1.19 bits per heavy atom. The summed E-state index contributed by atoms with van der Waals surface area (Å²) in [6.45, 7) is 8.72. The summed E-state index contributed by atoms with van der Waals surface area (Å²) in [5, 5.41) is 6.08. The number of nitrogens with zero attached hydrogens (tertiary/aromatic N) is 1. The largest absolute Gasteiger partial charge is 0.404 e. The Bertz CT molecular complexity index is 1180. The number of carbonyl (C=O) groups is 2. The minimum atomic E-state index is -0.678. The van der Waals surface area contributed by atoms with E-state index in [1.54, 1.807) is 12.3 Å². The number of aldehydes is 1. The molecule has 0 aromatic heterocycles. The van der Waals surface area contributed by atoms with Gasteiger partial charge in [0.1, 0.15) is 5.82 Å². The van der Waals surface area contributed by atoms with Gasteiger partial charge < -0.3 is 16.4 Å². The molecule has 4 N–H and O–H groups in total. The van der Waals surface area contributed by atoms with Crippen LogP contribution in [-0.4, -0.2) is 24.4 Å². The molecule has 1 aliphatic rings. The molecule has 0 spiro atoms. The lowest BCUT2D eigenvalue weighted by molar-refractivity contribution is -0.131. The summed E-state index contributed by atoms with van der Waals surface area (Å²) in [6.07, 6.45) is 9.26. The second-order valence-electron chi connectivity index (χ2n) is 9.54. The standard InChI is InChI=1S/C30H37FN4O2/c1-4-8-27(9-5-2)33-19-24(17-32)23-14-25(16-26(31)15-23)30(12-13-30)35-21(3)28-11-7-6-10-22(28)18-34-29(37)20-36/h6-7,10-11,14-17,19-20,27,35H,3-5,8-9,12-13,18,32H2,1-2H3,(H,34,37)/b24-17+,33-19?. The molecule has 0 radical (unpaired) electrons. The molecule has 196 valence electrons. The van der Waals surface area contributed by atoms with Crippen molar-refractivity contribution < 1.29 is 14.0 Å². The Labute approximate surface area is 218 Å². The van der Waals surface area contributed by atoms with E-state index >= 15 is 0 Å². The first-order valence-corrected chi connectivity index (χ1v) is 12.9. The molecule has 0 heterocycles. The van der Waals surface area contributed by atoms with Crippen LogP contribution < -0.4 is 16.4 Å². The molecule has 7 heteroatoms. The van der Waals surface area contributed by atoms with E-state index < -0.39 is 11.4 Å². The molecule has 2 aromatic carbocycles. The van der Waals surface area contributed by atoms with Gasteiger partial charge in [-0.05, 0) is 60.6 Å². The van der Waals surface area contributed by atoms with Crippen LogP contribution >= 0.6 is 0 Å². The number of aliphatic imine (C=N–C) groups is 1. The molecule has 37 heavy (non-hydrogen) atoms. The zero-order valence-electron chi connectivity index (χ0n) is 21.7. The van der Waals surface area contributed by atoms with Crippen LogP contribution in [0.25, 0.3) is 11.3 Å². The van der Waals surface area contributed by atoms with Gasteiger partial charge in [0, 0.05) is 41.8 Å². The molecule has 0 saturated heterocycles. The zero-order valence-corrected chi connectivity index (χ0v) is 21.7. The smallest absolute Gasteiger partial charge is 0.284 e. The molecular weight excluding hydrogens is 467 g/mol. The van der Waals surface area contributed by atoms with Crippen LogP contribution in [-0.2, 0) is 21.7 Å². The van der Waals surface area contributed by atoms with Crippen LogP contribution in [0.1, 0.15) is 74.6 Å². The number of carbonyl (C=O) groups excluding carboxylic acids is 2. The van der Waals surface area contributed by atoms with Gasteiger partial charge in [-0.1, -0.05) is 57.5 Å². The number of hydrogen-bond acceptors (Lipinski definition) is 5. The maximum Gasteiger partial charge on any atom is 0.284 e. The average molecular weight is 505 g/mol. The van der Waals surface area contributed by atoms with E-state index in [0.29, 0.717) is 16.8 Å². The third kappa shape index (κ3) is 7.38. The summed E-state index contributed by atoms with van der Waals surface area (Å²) in [5.74, 6) is -1.02. The maximum absolute atomic E-state index is 14.8. The molecule has 0 bridgehead atoms. The van der Waals surface area contributed by atoms with Gasteiger partial charge in [0.2, 0.25) is 6.29 Å². The topological polar surface area (TPSA) is 96.6 Å². The molecule has 3 rings (SSSR count). The Kier molecular flexibility index (Phi) is 9.78. The molecule has 1 fully saturated rings. The van der Waals surface area contributed by atoms with Gasteiger partial charge in [-0.3, -0.25) is 14.6 Å². The third-order valence-corrected chi connectivity index (χ3v) is 6.67. The number of allylic oxidation sites excluding steroid dienone is 1. The zero-order chi connectivity index (χ0) is 26.8. The van der Waals surface area contributed by atoms with Gasteiger partial charge in [0.05, 0.1) is 5.54 Å². The van der Waals surface area contributed by atoms with Crippen LogP contribution in [0.2, 0.25) is 0 Å². The first-order chi connectivity index (χ1) is 17.9. The highest BCUT2D eigenvalue weighted by Gasteiger charge is 2.45. The fraction of sp³-hybridized carbons (Fsp3) is 0.367. The van der Waals surface area contributed by atoms with Crippen molar-refractivity contribution in [1.82, 2.24) is 10.6 Å². The minimum Gasteiger partial charge on any atom is -0.404 e. The summed E-state index contributed by atoms with van der Waals surface area (Å²) < 4.78 is 14.8. The SMILES string of the molecule is C=C(NC1(c2cc(F)cc(/C(C=NC(CCC)CCC)=C/N)c2)CC1)c1ccccc1CNC(=O)C=O. The van der Waals surface area contributed by atoms with Crippen LogP contribution in [0.4, 0.5) is 4.39 Å². The number of nitrogens with one attached hydrogen (secondary N) is 2. The van der Waals surface area contributed by atoms with Crippen LogP contribution in [0.15, 0.2) is 60.2 Å². The molecule has 1 amide bonds. The number of rotatable bonds is 14. The van der Waals surface area contributed by atoms with Crippen LogP contribution in [0.5, 0.6) is 0 Å². The second kappa shape index (κ2) is 13.0. The number of amides is 1. The first kappa shape index (κ1) is 27.8. The van der Waals surface area contributed by atoms with Gasteiger partial charge in [-0.2, -0.15) is 0 Å². The summed E-state index contributed by atoms with van der Waals surface area (Å²) in [4.78, 5) is 26.8. The second-order valence-corrected chi connectivity index (χ2v) is 9.54. The Morgan fingerprint density at radius 2 is 1.89 bits per heavy atom. The number of nitrogens with two attached hydrogens (primary N) is 1. The molecule has 0 aliphatic heterocycles. The van der Waals surface area contributed by atoms with Crippen molar-refractivity contribution in [2.75, 3.05) is 0 Å². The summed E-state index contributed by atoms with van der Waals surface area (Å²) in [5.41, 5.74) is 9.99. The Hall–Kier alpha value is -3.74. The fourth-order valence-corrected chi connectivity index (χ4v) is 4.55. The third-order valence-electron chi connectivity index (χ3n) is 6.67. The summed E-state index contributed by atoms with van der Waals surface area (Å²) in [7, 11) is 0. The molecule has 1 saturated carbocycles. The van der Waals surface area contributed by atoms with Crippen molar-refractivity contribution >= 4 is 29.7 Å². The van der Waals surface area contributed by atoms with Crippen molar-refractivity contribution in [1.29, 1.82) is 0 Å². The normalized spacial score (nSPS) is 14.5. The summed E-state index contributed by atoms with van der Waals surface area (Å²) >= 11 is 0. The first-order valence-electron chi connectivity index (χ1n) is 12.9. The summed E-state index contributed by atoms with van der Waals surface area (Å²) in [6, 6.07) is 12.7. The van der Waals surface area contributed by atoms with Gasteiger partial charge in [-0.25, -0.2) is 4.39 Å². The molecule has 1 aliphatic carbocycles. The van der Waals surface area contributed by atoms with Crippen LogP contribution in [0, 0.1) is 5.82 Å². The van der Waals surface area contributed by atoms with Gasteiger partial charge in [-0.15, -0.1) is 0 Å². The van der Waals surface area contributed by atoms with E-state index in [1.165, 1.54) is 12.3 Å². The van der Waals surface area contributed by atoms with Gasteiger partial charge in [0.15, 0.2) is 0 Å². The van der Waals surface area contributed by atoms with E-state index in [0.717, 1.165) is 55.2 Å². The lowest BCUT2D eigenvalue weighted by Gasteiger charge is -2.23. The number of benzene rings is 2. The van der Waals surface area contributed by atoms with Crippen molar-refractivity contribution in [2.24, 2.45) is 10.7 Å². The highest BCUT2D eigenvalue weighted by atomic mass is 19.1. The lowest BCUT2D eigenvalue weighted by atomic mass is 9.97. The van der Waals surface area contributed by atoms with E-state index in [-0.39, 0.29) is 24.7 Å². The fourth-order valence-electron chi connectivity index (χ4n) is 4.55. The van der Waals surface area contributed by atoms with E-state index in [2.05, 4.69) is 31.1 Å². The highest BCUT2D eigenvalue weighted by Crippen LogP contribution is 2.47. The van der Waals surface area contributed by atoms with Crippen molar-refractivity contribution in [3.63, 3.8) is 0 Å². The molecule has 6 nitrogen and oxygen atoms in total.